The number of carbonyl (C=O) groups excluding carboxylic acids is 1. The topological polar surface area (TPSA) is 199 Å². The first-order valence-corrected chi connectivity index (χ1v) is 9.10. The first kappa shape index (κ1) is 23.8. The number of ether oxygens (including phenoxy) is 1. The van der Waals surface area contributed by atoms with Gasteiger partial charge in [-0.05, 0) is 0 Å². The number of nitrogens with zero attached hydrogens (tertiary/aromatic N) is 1. The van der Waals surface area contributed by atoms with E-state index in [4.69, 9.17) is 45.5 Å². The van der Waals surface area contributed by atoms with Gasteiger partial charge in [0.25, 0.3) is 0 Å². The largest absolute Gasteiger partial charge is 2.00 e. The number of aliphatic imine (C=N–C) groups is 1. The van der Waals surface area contributed by atoms with Crippen molar-refractivity contribution in [1.82, 2.24) is 16.0 Å². The Kier molecular flexibility index (Phi) is 8.09. The van der Waals surface area contributed by atoms with Crippen LogP contribution in [0.3, 0.4) is 0 Å². The minimum Gasteiger partial charge on any atom is -0.784 e. The van der Waals surface area contributed by atoms with Crippen LogP contribution in [0.15, 0.2) is 14.8 Å². The Bertz CT molecular complexity index is 676. The molecule has 9 N–H and O–H groups in total. The van der Waals surface area contributed by atoms with E-state index >= 15 is 0 Å². The minimum absolute atomic E-state index is 0. The van der Waals surface area contributed by atoms with E-state index < -0.39 is 45.1 Å². The second-order valence-corrected chi connectivity index (χ2v) is 7.37. The molecule has 3 heterocycles. The van der Waals surface area contributed by atoms with Crippen molar-refractivity contribution in [3.63, 3.8) is 0 Å². The molecule has 146 valence electrons. The summed E-state index contributed by atoms with van der Waals surface area (Å²) in [5.74, 6) is -0.0723. The summed E-state index contributed by atoms with van der Waals surface area (Å²) in [7, 11) is -4.67. The van der Waals surface area contributed by atoms with Gasteiger partial charge in [0.05, 0.1) is 18.8 Å². The van der Waals surface area contributed by atoms with E-state index in [1.54, 1.807) is 0 Å². The zero-order valence-electron chi connectivity index (χ0n) is 12.8. The molecule has 5 atom stereocenters. The van der Waals surface area contributed by atoms with Crippen LogP contribution in [0.4, 0.5) is 0 Å². The molecule has 1 amide bonds. The molecule has 3 rings (SSSR count). The molecular formula is C10H16MoN5O7PS2. The fourth-order valence-electron chi connectivity index (χ4n) is 2.54. The van der Waals surface area contributed by atoms with Gasteiger partial charge in [-0.25, -0.2) is 9.56 Å². The fourth-order valence-corrected chi connectivity index (χ4v) is 3.44. The van der Waals surface area contributed by atoms with Crippen LogP contribution in [0.5, 0.6) is 0 Å². The van der Waals surface area contributed by atoms with Gasteiger partial charge in [0.15, 0.2) is 6.29 Å². The number of phosphoric acid groups is 1. The zero-order valence-corrected chi connectivity index (χ0v) is 17.4. The number of nitrogens with two attached hydrogens (primary N) is 1. The molecule has 3 aliphatic rings. The van der Waals surface area contributed by atoms with Crippen molar-refractivity contribution in [3.8, 4) is 0 Å². The van der Waals surface area contributed by atoms with E-state index in [1.165, 1.54) is 0 Å². The maximum Gasteiger partial charge on any atom is 2.00 e. The van der Waals surface area contributed by atoms with Crippen LogP contribution in [0.2, 0.25) is 0 Å². The second kappa shape index (κ2) is 8.84. The van der Waals surface area contributed by atoms with Crippen LogP contribution in [-0.2, 0) is 64.9 Å². The summed E-state index contributed by atoms with van der Waals surface area (Å²) in [6.45, 7) is -0.454. The van der Waals surface area contributed by atoms with Crippen LogP contribution in [0.1, 0.15) is 0 Å². The van der Waals surface area contributed by atoms with Gasteiger partial charge in [-0.3, -0.25) is 20.4 Å². The average Bonchev–Trinajstić information content (AvgIpc) is 2.47. The number of hydrogen-bond acceptors (Lipinski definition) is 10. The maximum atomic E-state index is 12.0. The summed E-state index contributed by atoms with van der Waals surface area (Å²) >= 11 is 10.5. The van der Waals surface area contributed by atoms with Crippen molar-refractivity contribution >= 4 is 44.8 Å². The van der Waals surface area contributed by atoms with Gasteiger partial charge in [-0.1, -0.05) is 0 Å². The van der Waals surface area contributed by atoms with Gasteiger partial charge in [0.1, 0.15) is 18.1 Å². The van der Waals surface area contributed by atoms with Crippen molar-refractivity contribution in [2.24, 2.45) is 10.7 Å². The van der Waals surface area contributed by atoms with Crippen molar-refractivity contribution < 1.29 is 54.9 Å². The predicted molar refractivity (Wildman–Crippen MR) is 89.4 cm³/mol. The third-order valence-corrected chi connectivity index (χ3v) is 5.14. The van der Waals surface area contributed by atoms with Gasteiger partial charge in [-0.2, -0.15) is 9.81 Å². The second-order valence-electron chi connectivity index (χ2n) is 5.25. The Balaban J connectivity index is 0.00000169. The molecule has 0 saturated carbocycles. The third-order valence-electron chi connectivity index (χ3n) is 3.57. The molecule has 1 saturated heterocycles. The van der Waals surface area contributed by atoms with Crippen LogP contribution in [0.25, 0.3) is 0 Å². The standard InChI is InChI=1S/C10H16N5O6PS2.Mo.H2O/c11-10-14-7-4(8(16)15-10)12-3-6(24)5(23)2(21-9(3)13-7)1-20-22(17,18)19;;/h2-4,9-10,12,23-24H,1,11H2,(H,13,14)(H,15,16)(H2,17,18,19);;1H2/q;+2;/p-2/t2-,3+,4?,9-,10?;;/m1../s1. The van der Waals surface area contributed by atoms with Crippen LogP contribution in [0, 0.1) is 0 Å². The molecule has 26 heavy (non-hydrogen) atoms. The van der Waals surface area contributed by atoms with E-state index in [0.29, 0.717) is 4.91 Å². The maximum absolute atomic E-state index is 12.0. The molecule has 3 aliphatic heterocycles. The van der Waals surface area contributed by atoms with Gasteiger partial charge >= 0.3 is 28.9 Å². The minimum atomic E-state index is -4.67. The zero-order chi connectivity index (χ0) is 17.6. The van der Waals surface area contributed by atoms with E-state index in [9.17, 15) is 9.36 Å². The van der Waals surface area contributed by atoms with Crippen molar-refractivity contribution in [1.29, 1.82) is 0 Å². The van der Waals surface area contributed by atoms with Crippen molar-refractivity contribution in [3.05, 3.63) is 9.81 Å². The van der Waals surface area contributed by atoms with Gasteiger partial charge in [0, 0.05) is 0 Å². The van der Waals surface area contributed by atoms with Gasteiger partial charge in [-0.15, -0.1) is 0 Å². The average molecular weight is 509 g/mol. The number of hydrogen-bond donors (Lipinski definition) is 6. The summed E-state index contributed by atoms with van der Waals surface area (Å²) < 4.78 is 20.9. The summed E-state index contributed by atoms with van der Waals surface area (Å²) in [6, 6.07) is -1.35. The number of fused-ring (bicyclic) bond motifs is 2. The molecule has 0 aliphatic carbocycles. The van der Waals surface area contributed by atoms with Gasteiger partial charge in [0.2, 0.25) is 5.91 Å². The molecule has 16 heteroatoms. The summed E-state index contributed by atoms with van der Waals surface area (Å²) in [5.41, 5.74) is 5.59. The Hall–Kier alpha value is -0.242. The molecule has 0 aromatic rings. The molecule has 12 nitrogen and oxygen atoms in total. The molecule has 0 spiro atoms. The Morgan fingerprint density at radius 3 is 2.58 bits per heavy atom. The van der Waals surface area contributed by atoms with Crippen LogP contribution in [-0.4, -0.2) is 64.3 Å². The monoisotopic (exact) mass is 511 g/mol. The number of amidine groups is 1. The third kappa shape index (κ3) is 4.97. The number of carbonyl (C=O) groups is 1. The smallest absolute Gasteiger partial charge is 0.784 e. The number of amides is 1. The van der Waals surface area contributed by atoms with Gasteiger partial charge < -0.3 is 55.9 Å². The van der Waals surface area contributed by atoms with Crippen LogP contribution >= 0.6 is 7.82 Å². The number of nitrogens with one attached hydrogen (secondary N) is 3. The first-order chi connectivity index (χ1) is 11.2. The first-order valence-electron chi connectivity index (χ1n) is 6.75. The quantitative estimate of drug-likeness (QED) is 0.123. The Morgan fingerprint density at radius 1 is 1.31 bits per heavy atom. The molecule has 0 radical (unpaired) electrons. The van der Waals surface area contributed by atoms with Crippen molar-refractivity contribution in [2.75, 3.05) is 6.61 Å². The SMILES string of the molecule is NC1N=C2N[C@@H]3O[C@H](COP(=O)(O)O)C([S-])=C([S-])[C@@H]3NC2C(=O)N1.O.[Mo+2]. The Morgan fingerprint density at radius 2 is 1.96 bits per heavy atom. The van der Waals surface area contributed by atoms with E-state index in [2.05, 4.69) is 25.5 Å². The predicted octanol–water partition coefficient (Wildman–Crippen LogP) is -4.00. The summed E-state index contributed by atoms with van der Waals surface area (Å²) in [6.07, 6.45) is -2.53. The summed E-state index contributed by atoms with van der Waals surface area (Å²) in [5, 5.41) is 8.39. The molecule has 0 aromatic heterocycles. The van der Waals surface area contributed by atoms with Crippen LogP contribution < -0.4 is 21.7 Å². The number of phosphoric ester groups is 1. The number of piperazine rings is 1. The summed E-state index contributed by atoms with van der Waals surface area (Å²) in [4.78, 5) is 34.1. The molecule has 2 unspecified atom stereocenters. The number of rotatable bonds is 3. The molecular weight excluding hydrogens is 493 g/mol. The normalized spacial score (nSPS) is 33.4. The molecule has 0 aromatic carbocycles. The van der Waals surface area contributed by atoms with E-state index in [0.717, 1.165) is 0 Å². The Labute approximate surface area is 173 Å². The fraction of sp³-hybridized carbons (Fsp3) is 0.600. The van der Waals surface area contributed by atoms with Crippen molar-refractivity contribution in [2.45, 2.75) is 30.7 Å². The van der Waals surface area contributed by atoms with E-state index in [1.807, 2.05) is 0 Å². The van der Waals surface area contributed by atoms with E-state index in [-0.39, 0.29) is 43.2 Å². The molecule has 0 bridgehead atoms. The molecule has 1 fully saturated rings.